The number of hydrogen-bond donors (Lipinski definition) is 1. The average Bonchev–Trinajstić information content (AvgIpc) is 2.62. The number of fused-ring (bicyclic) bond motifs is 1. The van der Waals surface area contributed by atoms with Crippen LogP contribution in [0.1, 0.15) is 31.4 Å². The van der Waals surface area contributed by atoms with Gasteiger partial charge in [-0.3, -0.25) is 9.52 Å². The fraction of sp³-hybridized carbons (Fsp3) is 0.350. The van der Waals surface area contributed by atoms with E-state index in [1.54, 1.807) is 36.1 Å². The molecule has 1 aliphatic heterocycles. The number of nitrogens with zero attached hydrogens (tertiary/aromatic N) is 1. The van der Waals surface area contributed by atoms with Crippen molar-refractivity contribution in [1.29, 1.82) is 0 Å². The largest absolute Gasteiger partial charge is 0.312 e. The van der Waals surface area contributed by atoms with Gasteiger partial charge in [-0.1, -0.05) is 37.6 Å². The lowest BCUT2D eigenvalue weighted by Gasteiger charge is -2.31. The minimum atomic E-state index is -3.78. The monoisotopic (exact) mass is 406 g/mol. The number of rotatable bonds is 4. The van der Waals surface area contributed by atoms with Crippen molar-refractivity contribution in [2.24, 2.45) is 5.92 Å². The van der Waals surface area contributed by atoms with Crippen LogP contribution in [0, 0.1) is 12.8 Å². The molecule has 1 heterocycles. The van der Waals surface area contributed by atoms with Gasteiger partial charge < -0.3 is 4.90 Å². The van der Waals surface area contributed by atoms with E-state index in [0.717, 1.165) is 24.1 Å². The third kappa shape index (κ3) is 3.96. The molecule has 0 aliphatic carbocycles. The first-order chi connectivity index (χ1) is 12.7. The van der Waals surface area contributed by atoms with Gasteiger partial charge in [-0.2, -0.15) is 0 Å². The van der Waals surface area contributed by atoms with Crippen molar-refractivity contribution in [1.82, 2.24) is 0 Å². The molecule has 144 valence electrons. The smallest absolute Gasteiger partial charge is 0.262 e. The first-order valence-corrected chi connectivity index (χ1v) is 10.8. The van der Waals surface area contributed by atoms with E-state index in [0.29, 0.717) is 22.8 Å². The molecule has 1 N–H and O–H groups in total. The van der Waals surface area contributed by atoms with Gasteiger partial charge >= 0.3 is 0 Å². The summed E-state index contributed by atoms with van der Waals surface area (Å²) in [6.07, 6.45) is 1.77. The molecule has 0 aromatic heterocycles. The summed E-state index contributed by atoms with van der Waals surface area (Å²) in [5, 5.41) is 0.400. The molecule has 2 aromatic carbocycles. The van der Waals surface area contributed by atoms with E-state index in [1.165, 1.54) is 6.07 Å². The Morgan fingerprint density at radius 1 is 1.22 bits per heavy atom. The first kappa shape index (κ1) is 19.7. The maximum Gasteiger partial charge on any atom is 0.262 e. The molecule has 0 saturated carbocycles. The molecular formula is C20H23ClN2O3S. The third-order valence-corrected chi connectivity index (χ3v) is 6.66. The van der Waals surface area contributed by atoms with Gasteiger partial charge in [0, 0.05) is 23.2 Å². The van der Waals surface area contributed by atoms with Gasteiger partial charge in [0.25, 0.3) is 10.0 Å². The Morgan fingerprint density at radius 3 is 2.67 bits per heavy atom. The van der Waals surface area contributed by atoms with Crippen LogP contribution in [0.25, 0.3) is 0 Å². The van der Waals surface area contributed by atoms with Crippen molar-refractivity contribution in [2.45, 2.75) is 38.5 Å². The van der Waals surface area contributed by atoms with Crippen molar-refractivity contribution >= 4 is 38.9 Å². The van der Waals surface area contributed by atoms with Gasteiger partial charge in [-0.05, 0) is 55.2 Å². The van der Waals surface area contributed by atoms with E-state index in [1.807, 2.05) is 19.9 Å². The van der Waals surface area contributed by atoms with Crippen molar-refractivity contribution < 1.29 is 13.2 Å². The molecule has 3 rings (SSSR count). The van der Waals surface area contributed by atoms with Crippen molar-refractivity contribution in [2.75, 3.05) is 16.2 Å². The zero-order chi connectivity index (χ0) is 19.8. The number of hydrogen-bond acceptors (Lipinski definition) is 3. The minimum Gasteiger partial charge on any atom is -0.312 e. The topological polar surface area (TPSA) is 66.5 Å². The Labute approximate surface area is 165 Å². The Balaban J connectivity index is 1.96. The molecule has 0 saturated heterocycles. The van der Waals surface area contributed by atoms with E-state index in [9.17, 15) is 13.2 Å². The summed E-state index contributed by atoms with van der Waals surface area (Å²) in [6, 6.07) is 10.2. The normalized spacial score (nSPS) is 14.2. The second kappa shape index (κ2) is 7.52. The fourth-order valence-electron chi connectivity index (χ4n) is 3.27. The lowest BCUT2D eigenvalue weighted by Crippen LogP contribution is -2.38. The number of halogens is 1. The zero-order valence-electron chi connectivity index (χ0n) is 15.6. The van der Waals surface area contributed by atoms with Crippen molar-refractivity contribution in [3.05, 3.63) is 52.5 Å². The molecule has 0 radical (unpaired) electrons. The summed E-state index contributed by atoms with van der Waals surface area (Å²) in [5.74, 6) is -0.0768. The summed E-state index contributed by atoms with van der Waals surface area (Å²) in [4.78, 5) is 14.4. The van der Waals surface area contributed by atoms with Crippen LogP contribution >= 0.6 is 11.6 Å². The molecule has 27 heavy (non-hydrogen) atoms. The molecule has 5 nitrogen and oxygen atoms in total. The van der Waals surface area contributed by atoms with Gasteiger partial charge in [0.05, 0.1) is 10.6 Å². The quantitative estimate of drug-likeness (QED) is 0.819. The Morgan fingerprint density at radius 2 is 1.96 bits per heavy atom. The standard InChI is InChI=1S/C20H23ClN2O3S/c1-13(2)20(24)23-11-5-6-15-9-10-16(12-18(15)23)22-27(25,26)19-8-4-7-17(21)14(19)3/h4,7-10,12-13,22H,5-6,11H2,1-3H3. The minimum absolute atomic E-state index is 0.0432. The van der Waals surface area contributed by atoms with Gasteiger partial charge in [-0.25, -0.2) is 8.42 Å². The first-order valence-electron chi connectivity index (χ1n) is 8.93. The van der Waals surface area contributed by atoms with Crippen LogP contribution in [0.5, 0.6) is 0 Å². The molecule has 1 aliphatic rings. The number of aryl methyl sites for hydroxylation is 1. The molecule has 0 unspecified atom stereocenters. The van der Waals surface area contributed by atoms with Crippen LogP contribution in [-0.2, 0) is 21.2 Å². The van der Waals surface area contributed by atoms with Crippen LogP contribution in [0.3, 0.4) is 0 Å². The van der Waals surface area contributed by atoms with Gasteiger partial charge in [0.15, 0.2) is 0 Å². The summed E-state index contributed by atoms with van der Waals surface area (Å²) < 4.78 is 28.2. The average molecular weight is 407 g/mol. The second-order valence-corrected chi connectivity index (χ2v) is 9.12. The Hall–Kier alpha value is -2.05. The Kier molecular flexibility index (Phi) is 5.49. The lowest BCUT2D eigenvalue weighted by atomic mass is 9.99. The number of benzene rings is 2. The molecule has 0 atom stereocenters. The maximum absolute atomic E-state index is 12.8. The molecule has 1 amide bonds. The summed E-state index contributed by atoms with van der Waals surface area (Å²) >= 11 is 6.06. The predicted molar refractivity (Wildman–Crippen MR) is 109 cm³/mol. The number of sulfonamides is 1. The maximum atomic E-state index is 12.8. The summed E-state index contributed by atoms with van der Waals surface area (Å²) in [7, 11) is -3.78. The highest BCUT2D eigenvalue weighted by atomic mass is 35.5. The second-order valence-electron chi connectivity index (χ2n) is 7.06. The van der Waals surface area contributed by atoms with Gasteiger partial charge in [0.1, 0.15) is 0 Å². The van der Waals surface area contributed by atoms with E-state index < -0.39 is 10.0 Å². The lowest BCUT2D eigenvalue weighted by molar-refractivity contribution is -0.121. The highest BCUT2D eigenvalue weighted by Gasteiger charge is 2.25. The third-order valence-electron chi connectivity index (χ3n) is 4.72. The highest BCUT2D eigenvalue weighted by molar-refractivity contribution is 7.92. The van der Waals surface area contributed by atoms with E-state index in [4.69, 9.17) is 11.6 Å². The van der Waals surface area contributed by atoms with Crippen molar-refractivity contribution in [3.8, 4) is 0 Å². The zero-order valence-corrected chi connectivity index (χ0v) is 17.2. The SMILES string of the molecule is Cc1c(Cl)cccc1S(=O)(=O)Nc1ccc2c(c1)N(C(=O)C(C)C)CCC2. The van der Waals surface area contributed by atoms with Crippen LogP contribution in [0.4, 0.5) is 11.4 Å². The van der Waals surface area contributed by atoms with Crippen LogP contribution in [0.2, 0.25) is 5.02 Å². The number of carbonyl (C=O) groups is 1. The summed E-state index contributed by atoms with van der Waals surface area (Å²) in [5.41, 5.74) is 2.76. The number of carbonyl (C=O) groups excluding carboxylic acids is 1. The highest BCUT2D eigenvalue weighted by Crippen LogP contribution is 2.32. The van der Waals surface area contributed by atoms with Gasteiger partial charge in [-0.15, -0.1) is 0 Å². The molecular weight excluding hydrogens is 384 g/mol. The molecule has 0 bridgehead atoms. The molecule has 0 spiro atoms. The summed E-state index contributed by atoms with van der Waals surface area (Å²) in [6.45, 7) is 6.05. The van der Waals surface area contributed by atoms with Crippen LogP contribution in [-0.4, -0.2) is 20.9 Å². The van der Waals surface area contributed by atoms with E-state index in [-0.39, 0.29) is 16.7 Å². The fourth-order valence-corrected chi connectivity index (χ4v) is 4.82. The van der Waals surface area contributed by atoms with Gasteiger partial charge in [0.2, 0.25) is 5.91 Å². The number of amides is 1. The molecule has 7 heteroatoms. The predicted octanol–water partition coefficient (Wildman–Crippen LogP) is 4.38. The number of nitrogens with one attached hydrogen (secondary N) is 1. The number of anilines is 2. The van der Waals surface area contributed by atoms with Crippen LogP contribution in [0.15, 0.2) is 41.3 Å². The molecule has 0 fully saturated rings. The molecule has 2 aromatic rings. The van der Waals surface area contributed by atoms with Crippen LogP contribution < -0.4 is 9.62 Å². The van der Waals surface area contributed by atoms with E-state index in [2.05, 4.69) is 4.72 Å². The Bertz CT molecular complexity index is 987. The van der Waals surface area contributed by atoms with Crippen molar-refractivity contribution in [3.63, 3.8) is 0 Å². The van der Waals surface area contributed by atoms with E-state index >= 15 is 0 Å².